The summed E-state index contributed by atoms with van der Waals surface area (Å²) in [5.41, 5.74) is 3.10. The molecule has 1 N–H and O–H groups in total. The summed E-state index contributed by atoms with van der Waals surface area (Å²) in [4.78, 5) is 24.3. The summed E-state index contributed by atoms with van der Waals surface area (Å²) >= 11 is 3.41. The van der Waals surface area contributed by atoms with E-state index >= 15 is 0 Å². The summed E-state index contributed by atoms with van der Waals surface area (Å²) in [5.74, 6) is -0.321. The van der Waals surface area contributed by atoms with E-state index in [4.69, 9.17) is 14.2 Å². The van der Waals surface area contributed by atoms with Crippen molar-refractivity contribution >= 4 is 39.6 Å². The van der Waals surface area contributed by atoms with Gasteiger partial charge in [0.25, 0.3) is 5.91 Å². The third-order valence-electron chi connectivity index (χ3n) is 4.50. The number of hydrogen-bond donors (Lipinski definition) is 1. The third kappa shape index (κ3) is 6.59. The molecular weight excluding hydrogens is 476 g/mol. The number of carbonyl (C=O) groups is 2. The number of nitriles is 1. The van der Waals surface area contributed by atoms with E-state index in [9.17, 15) is 14.9 Å². The van der Waals surface area contributed by atoms with Crippen LogP contribution < -0.4 is 14.8 Å². The highest BCUT2D eigenvalue weighted by atomic mass is 79.9. The highest BCUT2D eigenvalue weighted by Crippen LogP contribution is 2.37. The average Bonchev–Trinajstić information content (AvgIpc) is 2.75. The maximum Gasteiger partial charge on any atom is 0.344 e. The van der Waals surface area contributed by atoms with E-state index in [1.807, 2.05) is 39.0 Å². The number of ether oxygens (including phenoxy) is 3. The van der Waals surface area contributed by atoms with Crippen molar-refractivity contribution in [2.75, 3.05) is 25.1 Å². The fraction of sp³-hybridized carbons (Fsp3) is 0.292. The van der Waals surface area contributed by atoms with Gasteiger partial charge in [0.2, 0.25) is 0 Å². The minimum Gasteiger partial charge on any atom is -0.490 e. The van der Waals surface area contributed by atoms with Gasteiger partial charge in [-0.05, 0) is 84.6 Å². The molecule has 0 bridgehead atoms. The molecule has 0 aliphatic rings. The normalized spacial score (nSPS) is 10.8. The Hall–Kier alpha value is -3.31. The lowest BCUT2D eigenvalue weighted by atomic mass is 10.1. The number of amides is 1. The van der Waals surface area contributed by atoms with Crippen LogP contribution in [0.25, 0.3) is 6.08 Å². The van der Waals surface area contributed by atoms with Crippen LogP contribution in [0.2, 0.25) is 0 Å². The van der Waals surface area contributed by atoms with Crippen molar-refractivity contribution in [3.8, 4) is 17.6 Å². The van der Waals surface area contributed by atoms with Crippen molar-refractivity contribution in [3.63, 3.8) is 0 Å². The molecule has 0 fully saturated rings. The van der Waals surface area contributed by atoms with Gasteiger partial charge in [0.15, 0.2) is 18.1 Å². The van der Waals surface area contributed by atoms with Gasteiger partial charge < -0.3 is 19.5 Å². The Morgan fingerprint density at radius 2 is 1.91 bits per heavy atom. The van der Waals surface area contributed by atoms with Crippen LogP contribution in [-0.2, 0) is 14.3 Å². The van der Waals surface area contributed by atoms with Crippen molar-refractivity contribution in [1.82, 2.24) is 0 Å². The molecule has 8 heteroatoms. The van der Waals surface area contributed by atoms with E-state index in [1.165, 1.54) is 6.08 Å². The molecular formula is C24H25BrN2O5. The first-order valence-electron chi connectivity index (χ1n) is 10.0. The third-order valence-corrected chi connectivity index (χ3v) is 5.09. The number of aryl methyl sites for hydroxylation is 1. The zero-order valence-electron chi connectivity index (χ0n) is 18.5. The summed E-state index contributed by atoms with van der Waals surface area (Å²) in [5, 5.41) is 12.3. The lowest BCUT2D eigenvalue weighted by Crippen LogP contribution is -2.15. The van der Waals surface area contributed by atoms with E-state index in [0.29, 0.717) is 33.8 Å². The van der Waals surface area contributed by atoms with Crippen LogP contribution in [0.4, 0.5) is 5.69 Å². The molecule has 32 heavy (non-hydrogen) atoms. The molecule has 0 radical (unpaired) electrons. The van der Waals surface area contributed by atoms with Gasteiger partial charge in [-0.1, -0.05) is 12.1 Å². The number of rotatable bonds is 9. The molecule has 7 nitrogen and oxygen atoms in total. The monoisotopic (exact) mass is 500 g/mol. The van der Waals surface area contributed by atoms with E-state index < -0.39 is 11.9 Å². The molecule has 0 aliphatic carbocycles. The number of halogens is 1. The fourth-order valence-corrected chi connectivity index (χ4v) is 3.37. The standard InChI is InChI=1S/C24H25BrN2O5/c1-5-30-21-12-17(11-19(25)23(21)32-14-22(28)31-6-2)10-18(13-26)24(29)27-20-9-7-8-15(3)16(20)4/h7-12H,5-6,14H2,1-4H3,(H,27,29)/b18-10+. The first-order valence-corrected chi connectivity index (χ1v) is 10.8. The molecule has 0 aliphatic heterocycles. The maximum absolute atomic E-state index is 12.7. The molecule has 2 aromatic rings. The predicted octanol–water partition coefficient (Wildman–Crippen LogP) is 4.95. The van der Waals surface area contributed by atoms with Crippen molar-refractivity contribution < 1.29 is 23.8 Å². The Labute approximate surface area is 196 Å². The topological polar surface area (TPSA) is 97.7 Å². The Morgan fingerprint density at radius 3 is 2.56 bits per heavy atom. The summed E-state index contributed by atoms with van der Waals surface area (Å²) in [6.07, 6.45) is 1.46. The fourth-order valence-electron chi connectivity index (χ4n) is 2.80. The molecule has 0 atom stereocenters. The number of hydrogen-bond acceptors (Lipinski definition) is 6. The Kier molecular flexibility index (Phi) is 9.29. The number of anilines is 1. The van der Waals surface area contributed by atoms with Gasteiger partial charge in [-0.25, -0.2) is 4.79 Å². The number of nitrogens with one attached hydrogen (secondary N) is 1. The molecule has 0 spiro atoms. The minimum atomic E-state index is -0.516. The average molecular weight is 501 g/mol. The molecule has 1 amide bonds. The van der Waals surface area contributed by atoms with E-state index in [-0.39, 0.29) is 18.8 Å². The van der Waals surface area contributed by atoms with E-state index in [1.54, 1.807) is 25.1 Å². The summed E-state index contributed by atoms with van der Waals surface area (Å²) in [6, 6.07) is 10.8. The van der Waals surface area contributed by atoms with Gasteiger partial charge in [-0.3, -0.25) is 4.79 Å². The zero-order chi connectivity index (χ0) is 23.7. The summed E-state index contributed by atoms with van der Waals surface area (Å²) in [6.45, 7) is 7.71. The lowest BCUT2D eigenvalue weighted by Gasteiger charge is -2.14. The van der Waals surface area contributed by atoms with Gasteiger partial charge in [0, 0.05) is 5.69 Å². The molecule has 0 unspecified atom stereocenters. The second-order valence-electron chi connectivity index (χ2n) is 6.73. The van der Waals surface area contributed by atoms with Crippen LogP contribution in [0.3, 0.4) is 0 Å². The van der Waals surface area contributed by atoms with Gasteiger partial charge in [-0.2, -0.15) is 5.26 Å². The first-order chi connectivity index (χ1) is 15.3. The molecule has 0 saturated carbocycles. The minimum absolute atomic E-state index is 0.0690. The number of benzene rings is 2. The van der Waals surface area contributed by atoms with E-state index in [0.717, 1.165) is 11.1 Å². The highest BCUT2D eigenvalue weighted by Gasteiger charge is 2.16. The number of carbonyl (C=O) groups excluding carboxylic acids is 2. The highest BCUT2D eigenvalue weighted by molar-refractivity contribution is 9.10. The number of nitrogens with zero attached hydrogens (tertiary/aromatic N) is 1. The molecule has 168 valence electrons. The second-order valence-corrected chi connectivity index (χ2v) is 7.58. The Morgan fingerprint density at radius 1 is 1.16 bits per heavy atom. The summed E-state index contributed by atoms with van der Waals surface area (Å²) in [7, 11) is 0. The van der Waals surface area contributed by atoms with Gasteiger partial charge >= 0.3 is 5.97 Å². The van der Waals surface area contributed by atoms with Crippen molar-refractivity contribution in [3.05, 3.63) is 57.1 Å². The first kappa shape index (κ1) is 25.0. The Balaban J connectivity index is 2.31. The number of esters is 1. The van der Waals surface area contributed by atoms with Crippen molar-refractivity contribution in [1.29, 1.82) is 5.26 Å². The molecule has 0 aromatic heterocycles. The van der Waals surface area contributed by atoms with Crippen molar-refractivity contribution in [2.24, 2.45) is 0 Å². The SMILES string of the molecule is CCOC(=O)COc1c(Br)cc(/C=C(\C#N)C(=O)Nc2cccc(C)c2C)cc1OCC. The van der Waals surface area contributed by atoms with Crippen LogP contribution >= 0.6 is 15.9 Å². The van der Waals surface area contributed by atoms with Crippen LogP contribution in [0.15, 0.2) is 40.4 Å². The molecule has 0 saturated heterocycles. The largest absolute Gasteiger partial charge is 0.490 e. The second kappa shape index (κ2) is 11.9. The van der Waals surface area contributed by atoms with Crippen LogP contribution in [-0.4, -0.2) is 31.7 Å². The van der Waals surface area contributed by atoms with Gasteiger partial charge in [0.05, 0.1) is 17.7 Å². The summed E-state index contributed by atoms with van der Waals surface area (Å²) < 4.78 is 16.6. The molecule has 2 rings (SSSR count). The lowest BCUT2D eigenvalue weighted by molar-refractivity contribution is -0.145. The molecule has 0 heterocycles. The van der Waals surface area contributed by atoms with Crippen LogP contribution in [0, 0.1) is 25.2 Å². The maximum atomic E-state index is 12.7. The van der Waals surface area contributed by atoms with Gasteiger partial charge in [-0.15, -0.1) is 0 Å². The van der Waals surface area contributed by atoms with Crippen LogP contribution in [0.1, 0.15) is 30.5 Å². The smallest absolute Gasteiger partial charge is 0.344 e. The predicted molar refractivity (Wildman–Crippen MR) is 126 cm³/mol. The van der Waals surface area contributed by atoms with Crippen molar-refractivity contribution in [2.45, 2.75) is 27.7 Å². The quantitative estimate of drug-likeness (QED) is 0.297. The Bertz CT molecular complexity index is 1070. The molecule has 2 aromatic carbocycles. The van der Waals surface area contributed by atoms with E-state index in [2.05, 4.69) is 21.2 Å². The van der Waals surface area contributed by atoms with Crippen LogP contribution in [0.5, 0.6) is 11.5 Å². The van der Waals surface area contributed by atoms with Gasteiger partial charge in [0.1, 0.15) is 11.6 Å². The zero-order valence-corrected chi connectivity index (χ0v) is 20.0.